The van der Waals surface area contributed by atoms with Gasteiger partial charge in [0, 0.05) is 5.97 Å². The number of rotatable bonds is 9. The third kappa shape index (κ3) is 21.1. The number of carboxylic acids is 1. The Morgan fingerprint density at radius 1 is 1.05 bits per heavy atom. The first-order valence-corrected chi connectivity index (χ1v) is 16.6. The molecule has 0 aliphatic heterocycles. The molecule has 0 radical (unpaired) electrons. The summed E-state index contributed by atoms with van der Waals surface area (Å²) >= 11 is 3.51. The quantitative estimate of drug-likeness (QED) is 0.368. The van der Waals surface area contributed by atoms with Crippen molar-refractivity contribution < 1.29 is 9.90 Å². The Balaban J connectivity index is 0. The molecule has 1 atom stereocenters. The summed E-state index contributed by atoms with van der Waals surface area (Å²) in [7, 11) is 0. The maximum atomic E-state index is 10.7. The number of carbonyl (C=O) groups is 1. The maximum absolute atomic E-state index is 10.7. The third-order valence-corrected chi connectivity index (χ3v) is 2.90. The van der Waals surface area contributed by atoms with Crippen LogP contribution < -0.4 is 5.11 Å². The third-order valence-electron chi connectivity index (χ3n) is 2.64. The zero-order valence-corrected chi connectivity index (χ0v) is 17.1. The van der Waals surface area contributed by atoms with Crippen LogP contribution in [0.25, 0.3) is 0 Å². The van der Waals surface area contributed by atoms with Crippen LogP contribution in [-0.4, -0.2) is 31.5 Å². The van der Waals surface area contributed by atoms with Gasteiger partial charge in [0.25, 0.3) is 0 Å². The van der Waals surface area contributed by atoms with Crippen molar-refractivity contribution in [1.29, 1.82) is 0 Å². The molecule has 1 unspecified atom stereocenters. The number of unbranched alkanes of at least 4 members (excludes halogenated alkanes) is 2. The predicted octanol–water partition coefficient (Wildman–Crippen LogP) is 3.65. The Kier molecular flexibility index (Phi) is 17.3. The van der Waals surface area contributed by atoms with Crippen LogP contribution in [0.3, 0.4) is 0 Å². The van der Waals surface area contributed by atoms with Crippen molar-refractivity contribution in [3.63, 3.8) is 0 Å². The standard InChI is InChI=1S/C12H24O2S.3CH3.Sn/c1-10(2)6-4-3-5-7-11(8-9-15)12(13)14;;;;/h10-11,15H,3-9H2,1-2H3,(H,13,14);3*1H3;/q;;;;+1/p-1. The van der Waals surface area contributed by atoms with Crippen LogP contribution >= 0.6 is 12.6 Å². The van der Waals surface area contributed by atoms with Gasteiger partial charge in [0.1, 0.15) is 0 Å². The van der Waals surface area contributed by atoms with Gasteiger partial charge in [0.2, 0.25) is 0 Å². The van der Waals surface area contributed by atoms with Crippen molar-refractivity contribution in [3.8, 4) is 0 Å². The van der Waals surface area contributed by atoms with Crippen LogP contribution in [0, 0.1) is 11.8 Å². The van der Waals surface area contributed by atoms with E-state index in [-0.39, 0.29) is 5.92 Å². The minimum atomic E-state index is -0.909. The molecule has 0 aromatic heterocycles. The van der Waals surface area contributed by atoms with E-state index in [1.807, 2.05) is 0 Å². The molecule has 19 heavy (non-hydrogen) atoms. The zero-order valence-electron chi connectivity index (χ0n) is 13.4. The topological polar surface area (TPSA) is 40.1 Å². The molecule has 0 aliphatic rings. The van der Waals surface area contributed by atoms with Gasteiger partial charge in [-0.3, -0.25) is 0 Å². The van der Waals surface area contributed by atoms with Gasteiger partial charge in [0.15, 0.2) is 0 Å². The summed E-state index contributed by atoms with van der Waals surface area (Å²) in [5, 5.41) is 10.7. The molecule has 0 heterocycles. The minimum absolute atomic E-state index is 0.290. The van der Waals surface area contributed by atoms with Crippen LogP contribution in [0.15, 0.2) is 0 Å². The first-order chi connectivity index (χ1) is 8.81. The summed E-state index contributed by atoms with van der Waals surface area (Å²) < 4.78 is 0. The second-order valence-corrected chi connectivity index (χ2v) is 15.1. The number of carboxylic acid groups (broad SMARTS) is 1. The fourth-order valence-electron chi connectivity index (χ4n) is 1.66. The van der Waals surface area contributed by atoms with E-state index in [1.54, 1.807) is 0 Å². The predicted molar refractivity (Wildman–Crippen MR) is 88.2 cm³/mol. The second kappa shape index (κ2) is 15.0. The number of hydrogen-bond donors (Lipinski definition) is 1. The fraction of sp³-hybridized carbons (Fsp3) is 0.933. The van der Waals surface area contributed by atoms with E-state index in [9.17, 15) is 9.90 Å². The van der Waals surface area contributed by atoms with Gasteiger partial charge in [-0.2, -0.15) is 12.6 Å². The van der Waals surface area contributed by atoms with E-state index in [2.05, 4.69) is 41.3 Å². The summed E-state index contributed by atoms with van der Waals surface area (Å²) in [4.78, 5) is 17.8. The molecule has 0 spiro atoms. The fourth-order valence-corrected chi connectivity index (χ4v) is 1.97. The van der Waals surface area contributed by atoms with Crippen molar-refractivity contribution in [2.75, 3.05) is 5.75 Å². The van der Waals surface area contributed by atoms with E-state index < -0.39 is 25.7 Å². The van der Waals surface area contributed by atoms with Gasteiger partial charge >= 0.3 is 34.6 Å². The van der Waals surface area contributed by atoms with Crippen molar-refractivity contribution in [3.05, 3.63) is 0 Å². The average Bonchev–Trinajstić information content (AvgIpc) is 2.25. The summed E-state index contributed by atoms with van der Waals surface area (Å²) in [5.41, 5.74) is 0. The number of thiol groups is 1. The summed E-state index contributed by atoms with van der Waals surface area (Å²) in [6.45, 7) is 4.43. The molecule has 0 saturated heterocycles. The van der Waals surface area contributed by atoms with Crippen molar-refractivity contribution in [2.45, 2.75) is 67.2 Å². The molecule has 2 nitrogen and oxygen atoms in total. The van der Waals surface area contributed by atoms with Crippen LogP contribution in [-0.2, 0) is 4.79 Å². The normalized spacial score (nSPS) is 11.7. The van der Waals surface area contributed by atoms with E-state index >= 15 is 0 Å². The Morgan fingerprint density at radius 3 is 1.89 bits per heavy atom. The van der Waals surface area contributed by atoms with Crippen LogP contribution in [0.4, 0.5) is 0 Å². The monoisotopic (exact) mass is 396 g/mol. The number of aliphatic carboxylic acids is 1. The summed E-state index contributed by atoms with van der Waals surface area (Å²) in [6.07, 6.45) is 5.96. The molecule has 0 bridgehead atoms. The molecule has 0 aliphatic carbocycles. The molecular weight excluding hydrogens is 363 g/mol. The summed E-state index contributed by atoms with van der Waals surface area (Å²) in [5.74, 6) is 0.179. The van der Waals surface area contributed by atoms with Crippen molar-refractivity contribution in [2.24, 2.45) is 11.8 Å². The summed E-state index contributed by atoms with van der Waals surface area (Å²) in [6, 6.07) is 0. The Hall–Kier alpha value is 0.619. The van der Waals surface area contributed by atoms with Gasteiger partial charge in [-0.05, 0) is 30.4 Å². The Bertz CT molecular complexity index is 206. The van der Waals surface area contributed by atoms with E-state index in [0.717, 1.165) is 25.2 Å². The van der Waals surface area contributed by atoms with Gasteiger partial charge in [-0.25, -0.2) is 0 Å². The molecule has 4 heteroatoms. The molecular formula is C15H32O2SSn. The van der Waals surface area contributed by atoms with Gasteiger partial charge in [0.05, 0.1) is 0 Å². The average molecular weight is 395 g/mol. The van der Waals surface area contributed by atoms with Crippen LogP contribution in [0.2, 0.25) is 14.8 Å². The van der Waals surface area contributed by atoms with E-state index in [1.165, 1.54) is 12.8 Å². The molecule has 0 amide bonds. The molecule has 0 saturated carbocycles. The number of hydrogen-bond acceptors (Lipinski definition) is 3. The number of carbonyl (C=O) groups excluding carboxylic acids is 1. The first-order valence-electron chi connectivity index (χ1n) is 7.39. The first kappa shape index (κ1) is 21.9. The molecule has 114 valence electrons. The van der Waals surface area contributed by atoms with Gasteiger partial charge in [-0.15, -0.1) is 0 Å². The van der Waals surface area contributed by atoms with Gasteiger partial charge in [-0.1, -0.05) is 39.5 Å². The molecule has 0 fully saturated rings. The Morgan fingerprint density at radius 2 is 1.53 bits per heavy atom. The second-order valence-electron chi connectivity index (χ2n) is 6.06. The Labute approximate surface area is 132 Å². The molecule has 0 rings (SSSR count). The van der Waals surface area contributed by atoms with Crippen LogP contribution in [0.1, 0.15) is 52.4 Å². The SMILES string of the molecule is CC(C)CCCCCC(CCS)C(=O)[O-].[CH3][Sn+]([CH3])[CH3]. The molecule has 0 aromatic carbocycles. The van der Waals surface area contributed by atoms with E-state index in [0.29, 0.717) is 12.2 Å². The zero-order chi connectivity index (χ0) is 15.3. The van der Waals surface area contributed by atoms with Crippen molar-refractivity contribution in [1.82, 2.24) is 0 Å². The van der Waals surface area contributed by atoms with Crippen molar-refractivity contribution >= 4 is 38.4 Å². The van der Waals surface area contributed by atoms with Gasteiger partial charge < -0.3 is 9.90 Å². The molecule has 0 N–H and O–H groups in total. The van der Waals surface area contributed by atoms with E-state index in [4.69, 9.17) is 0 Å². The molecule has 0 aromatic rings. The van der Waals surface area contributed by atoms with Crippen LogP contribution in [0.5, 0.6) is 0 Å².